The molecular formula is C9H15N3O2. The number of aromatic nitrogens is 2. The third-order valence-corrected chi connectivity index (χ3v) is 1.97. The summed E-state index contributed by atoms with van der Waals surface area (Å²) < 4.78 is 0. The van der Waals surface area contributed by atoms with Crippen LogP contribution >= 0.6 is 0 Å². The van der Waals surface area contributed by atoms with Gasteiger partial charge in [0, 0.05) is 30.8 Å². The number of hydrogen-bond acceptors (Lipinski definition) is 3. The summed E-state index contributed by atoms with van der Waals surface area (Å²) in [5.74, 6) is -0.0420. The second-order valence-electron chi connectivity index (χ2n) is 3.12. The molecule has 1 aromatic heterocycles. The molecule has 14 heavy (non-hydrogen) atoms. The minimum atomic E-state index is -0.0420. The van der Waals surface area contributed by atoms with Crippen molar-refractivity contribution < 1.29 is 9.90 Å². The van der Waals surface area contributed by atoms with E-state index in [-0.39, 0.29) is 12.5 Å². The largest absolute Gasteiger partial charge is 0.396 e. The van der Waals surface area contributed by atoms with Gasteiger partial charge < -0.3 is 10.4 Å². The Labute approximate surface area is 82.5 Å². The van der Waals surface area contributed by atoms with Gasteiger partial charge in [0.2, 0.25) is 5.91 Å². The fraction of sp³-hybridized carbons (Fsp3) is 0.556. The first-order chi connectivity index (χ1) is 6.74. The Morgan fingerprint density at radius 3 is 3.07 bits per heavy atom. The van der Waals surface area contributed by atoms with Gasteiger partial charge in [0.1, 0.15) is 0 Å². The molecule has 78 valence electrons. The molecule has 0 aromatic carbocycles. The highest BCUT2D eigenvalue weighted by Crippen LogP contribution is 2.01. The van der Waals surface area contributed by atoms with Gasteiger partial charge in [0.15, 0.2) is 0 Å². The van der Waals surface area contributed by atoms with Gasteiger partial charge >= 0.3 is 0 Å². The SMILES string of the molecule is Cc1[nH]ncc1CNC(=O)CCCO. The topological polar surface area (TPSA) is 78.0 Å². The van der Waals surface area contributed by atoms with Gasteiger partial charge in [0.25, 0.3) is 0 Å². The van der Waals surface area contributed by atoms with Crippen molar-refractivity contribution >= 4 is 5.91 Å². The van der Waals surface area contributed by atoms with Crippen molar-refractivity contribution in [3.05, 3.63) is 17.5 Å². The normalized spacial score (nSPS) is 10.1. The maximum atomic E-state index is 11.2. The predicted octanol–water partition coefficient (Wildman–Crippen LogP) is 0.107. The molecule has 3 N–H and O–H groups in total. The van der Waals surface area contributed by atoms with E-state index in [0.717, 1.165) is 11.3 Å². The number of aryl methyl sites for hydroxylation is 1. The fourth-order valence-corrected chi connectivity index (χ4v) is 1.08. The van der Waals surface area contributed by atoms with E-state index in [1.54, 1.807) is 6.20 Å². The second kappa shape index (κ2) is 5.39. The van der Waals surface area contributed by atoms with E-state index in [4.69, 9.17) is 5.11 Å². The van der Waals surface area contributed by atoms with Crippen molar-refractivity contribution in [1.29, 1.82) is 0 Å². The van der Waals surface area contributed by atoms with Crippen molar-refractivity contribution in [2.45, 2.75) is 26.3 Å². The van der Waals surface area contributed by atoms with Crippen LogP contribution in [0.5, 0.6) is 0 Å². The minimum absolute atomic E-state index is 0.0420. The molecule has 0 unspecified atom stereocenters. The lowest BCUT2D eigenvalue weighted by atomic mass is 10.2. The van der Waals surface area contributed by atoms with Crippen LogP contribution < -0.4 is 5.32 Å². The molecule has 0 spiro atoms. The van der Waals surface area contributed by atoms with Gasteiger partial charge in [-0.25, -0.2) is 0 Å². The first kappa shape index (κ1) is 10.7. The zero-order chi connectivity index (χ0) is 10.4. The van der Waals surface area contributed by atoms with Crippen molar-refractivity contribution in [3.63, 3.8) is 0 Å². The van der Waals surface area contributed by atoms with E-state index in [0.29, 0.717) is 19.4 Å². The van der Waals surface area contributed by atoms with Crippen molar-refractivity contribution in [2.75, 3.05) is 6.61 Å². The van der Waals surface area contributed by atoms with E-state index in [1.165, 1.54) is 0 Å². The Kier molecular flexibility index (Phi) is 4.12. The predicted molar refractivity (Wildman–Crippen MR) is 51.5 cm³/mol. The molecule has 1 amide bonds. The molecule has 0 fully saturated rings. The quantitative estimate of drug-likeness (QED) is 0.626. The van der Waals surface area contributed by atoms with Gasteiger partial charge in [-0.2, -0.15) is 5.10 Å². The number of carbonyl (C=O) groups is 1. The number of aliphatic hydroxyl groups excluding tert-OH is 1. The average molecular weight is 197 g/mol. The third kappa shape index (κ3) is 3.18. The summed E-state index contributed by atoms with van der Waals surface area (Å²) in [6, 6.07) is 0. The molecule has 0 atom stereocenters. The number of carbonyl (C=O) groups excluding carboxylic acids is 1. The Bertz CT molecular complexity index is 296. The number of nitrogens with zero attached hydrogens (tertiary/aromatic N) is 1. The molecule has 0 radical (unpaired) electrons. The molecule has 0 saturated heterocycles. The molecule has 1 heterocycles. The molecule has 0 aliphatic rings. The number of amides is 1. The standard InChI is InChI=1S/C9H15N3O2/c1-7-8(6-11-12-7)5-10-9(14)3-2-4-13/h6,13H,2-5H2,1H3,(H,10,14)(H,11,12). The number of hydrogen-bond donors (Lipinski definition) is 3. The van der Waals surface area contributed by atoms with Crippen LogP contribution in [-0.2, 0) is 11.3 Å². The highest BCUT2D eigenvalue weighted by atomic mass is 16.3. The smallest absolute Gasteiger partial charge is 0.220 e. The van der Waals surface area contributed by atoms with Crippen LogP contribution in [0.25, 0.3) is 0 Å². The summed E-state index contributed by atoms with van der Waals surface area (Å²) in [5.41, 5.74) is 1.95. The lowest BCUT2D eigenvalue weighted by molar-refractivity contribution is -0.121. The first-order valence-corrected chi connectivity index (χ1v) is 4.60. The van der Waals surface area contributed by atoms with Crippen LogP contribution in [0, 0.1) is 6.92 Å². The summed E-state index contributed by atoms with van der Waals surface area (Å²) in [4.78, 5) is 11.2. The van der Waals surface area contributed by atoms with E-state index in [9.17, 15) is 4.79 Å². The molecule has 0 aliphatic heterocycles. The summed E-state index contributed by atoms with van der Waals surface area (Å²) >= 11 is 0. The highest BCUT2D eigenvalue weighted by molar-refractivity contribution is 5.75. The number of rotatable bonds is 5. The maximum Gasteiger partial charge on any atom is 0.220 e. The van der Waals surface area contributed by atoms with Crippen molar-refractivity contribution in [1.82, 2.24) is 15.5 Å². The number of H-pyrrole nitrogens is 1. The van der Waals surface area contributed by atoms with Crippen LogP contribution in [0.1, 0.15) is 24.1 Å². The number of nitrogens with one attached hydrogen (secondary N) is 2. The number of aliphatic hydroxyl groups is 1. The molecule has 0 bridgehead atoms. The number of aromatic amines is 1. The van der Waals surface area contributed by atoms with Crippen LogP contribution in [0.15, 0.2) is 6.20 Å². The van der Waals surface area contributed by atoms with Crippen molar-refractivity contribution in [3.8, 4) is 0 Å². The lowest BCUT2D eigenvalue weighted by Crippen LogP contribution is -2.22. The zero-order valence-corrected chi connectivity index (χ0v) is 8.21. The third-order valence-electron chi connectivity index (χ3n) is 1.97. The lowest BCUT2D eigenvalue weighted by Gasteiger charge is -2.02. The van der Waals surface area contributed by atoms with Gasteiger partial charge in [-0.15, -0.1) is 0 Å². The highest BCUT2D eigenvalue weighted by Gasteiger charge is 2.03. The minimum Gasteiger partial charge on any atom is -0.396 e. The van der Waals surface area contributed by atoms with E-state index in [1.807, 2.05) is 6.92 Å². The van der Waals surface area contributed by atoms with Gasteiger partial charge in [0.05, 0.1) is 6.20 Å². The van der Waals surface area contributed by atoms with Crippen molar-refractivity contribution in [2.24, 2.45) is 0 Å². The summed E-state index contributed by atoms with van der Waals surface area (Å²) in [6.07, 6.45) is 2.57. The Hall–Kier alpha value is -1.36. The van der Waals surface area contributed by atoms with E-state index >= 15 is 0 Å². The summed E-state index contributed by atoms with van der Waals surface area (Å²) in [7, 11) is 0. The monoisotopic (exact) mass is 197 g/mol. The molecule has 5 nitrogen and oxygen atoms in total. The fourth-order valence-electron chi connectivity index (χ4n) is 1.08. The Morgan fingerprint density at radius 1 is 1.71 bits per heavy atom. The zero-order valence-electron chi connectivity index (χ0n) is 8.21. The van der Waals surface area contributed by atoms with Crippen LogP contribution in [0.4, 0.5) is 0 Å². The van der Waals surface area contributed by atoms with Gasteiger partial charge in [-0.3, -0.25) is 9.89 Å². The van der Waals surface area contributed by atoms with Crippen LogP contribution in [0.3, 0.4) is 0 Å². The van der Waals surface area contributed by atoms with E-state index in [2.05, 4.69) is 15.5 Å². The molecule has 1 aromatic rings. The van der Waals surface area contributed by atoms with E-state index < -0.39 is 0 Å². The molecular weight excluding hydrogens is 182 g/mol. The maximum absolute atomic E-state index is 11.2. The molecule has 5 heteroatoms. The molecule has 1 rings (SSSR count). The van der Waals surface area contributed by atoms with Crippen LogP contribution in [0.2, 0.25) is 0 Å². The van der Waals surface area contributed by atoms with Gasteiger partial charge in [-0.05, 0) is 13.3 Å². The first-order valence-electron chi connectivity index (χ1n) is 4.60. The molecule has 0 saturated carbocycles. The summed E-state index contributed by atoms with van der Waals surface area (Å²) in [5, 5.41) is 17.9. The Morgan fingerprint density at radius 2 is 2.50 bits per heavy atom. The van der Waals surface area contributed by atoms with Gasteiger partial charge in [-0.1, -0.05) is 0 Å². The second-order valence-corrected chi connectivity index (χ2v) is 3.12. The molecule has 0 aliphatic carbocycles. The van der Waals surface area contributed by atoms with Crippen LogP contribution in [-0.4, -0.2) is 27.8 Å². The summed E-state index contributed by atoms with van der Waals surface area (Å²) in [6.45, 7) is 2.45. The average Bonchev–Trinajstić information content (AvgIpc) is 2.58. The Balaban J connectivity index is 2.27.